The van der Waals surface area contributed by atoms with Crippen molar-refractivity contribution in [1.29, 1.82) is 0 Å². The van der Waals surface area contributed by atoms with E-state index < -0.39 is 0 Å². The van der Waals surface area contributed by atoms with Gasteiger partial charge in [0.1, 0.15) is 5.82 Å². The normalized spacial score (nSPS) is 11.7. The monoisotopic (exact) mass is 503 g/mol. The molecule has 1 atom stereocenters. The Labute approximate surface area is 217 Å². The van der Waals surface area contributed by atoms with Crippen LogP contribution in [0.25, 0.3) is 11.0 Å². The number of methoxy groups -OCH3 is 3. The number of amides is 1. The molecule has 0 aliphatic heterocycles. The number of carbonyl (C=O) groups excluding carboxylic acids is 1. The smallest absolute Gasteiger partial charge is 0.251 e. The molecule has 0 bridgehead atoms. The minimum atomic E-state index is -0.308. The third-order valence-electron chi connectivity index (χ3n) is 6.17. The second-order valence-corrected chi connectivity index (χ2v) is 8.58. The Morgan fingerprint density at radius 2 is 1.54 bits per heavy atom. The quantitative estimate of drug-likeness (QED) is 0.260. The molecule has 1 heterocycles. The molecule has 3 aromatic carbocycles. The van der Waals surface area contributed by atoms with E-state index in [0.29, 0.717) is 23.7 Å². The molecular weight excluding hydrogens is 470 g/mol. The molecule has 0 aliphatic carbocycles. The van der Waals surface area contributed by atoms with Crippen LogP contribution in [-0.4, -0.2) is 43.4 Å². The van der Waals surface area contributed by atoms with Crippen LogP contribution in [0.15, 0.2) is 66.7 Å². The fourth-order valence-electron chi connectivity index (χ4n) is 4.27. The zero-order chi connectivity index (χ0) is 26.2. The third kappa shape index (κ3) is 5.97. The number of benzene rings is 3. The van der Waals surface area contributed by atoms with Crippen LogP contribution in [0.4, 0.5) is 0 Å². The van der Waals surface area contributed by atoms with Gasteiger partial charge in [-0.2, -0.15) is 0 Å². The molecule has 0 saturated carbocycles. The lowest BCUT2D eigenvalue weighted by atomic mass is 10.1. The molecule has 1 amide bonds. The van der Waals surface area contributed by atoms with Gasteiger partial charge >= 0.3 is 0 Å². The highest BCUT2D eigenvalue weighted by Gasteiger charge is 2.20. The van der Waals surface area contributed by atoms with Gasteiger partial charge in [0.05, 0.1) is 45.0 Å². The second kappa shape index (κ2) is 12.2. The number of nitrogens with zero attached hydrogens (tertiary/aromatic N) is 2. The molecule has 0 aliphatic rings. The van der Waals surface area contributed by atoms with E-state index in [-0.39, 0.29) is 11.9 Å². The summed E-state index contributed by atoms with van der Waals surface area (Å²) in [4.78, 5) is 17.9. The molecule has 0 spiro atoms. The van der Waals surface area contributed by atoms with Crippen LogP contribution in [0, 0.1) is 0 Å². The van der Waals surface area contributed by atoms with Crippen molar-refractivity contribution < 1.29 is 23.7 Å². The maximum absolute atomic E-state index is 13.0. The molecule has 37 heavy (non-hydrogen) atoms. The highest BCUT2D eigenvalue weighted by molar-refractivity contribution is 5.95. The summed E-state index contributed by atoms with van der Waals surface area (Å²) in [6.45, 7) is 3.27. The Morgan fingerprint density at radius 3 is 2.30 bits per heavy atom. The minimum Gasteiger partial charge on any atom is -0.493 e. The molecule has 8 nitrogen and oxygen atoms in total. The summed E-state index contributed by atoms with van der Waals surface area (Å²) in [5.41, 5.74) is 2.42. The number of hydrogen-bond donors (Lipinski definition) is 1. The standard InChI is InChI=1S/C29H33N3O5/c1-20(30-29(33)21-15-16-25(35-3)27(19-21)36-4)28-31-22-11-5-6-12-23(22)32(28)17-9-10-18-37-26-14-8-7-13-24(26)34-2/h5-8,11-16,19-20H,9-10,17-18H2,1-4H3,(H,30,33). The molecule has 4 aromatic rings. The molecule has 194 valence electrons. The first kappa shape index (κ1) is 25.9. The van der Waals surface area contributed by atoms with Crippen LogP contribution in [0.2, 0.25) is 0 Å². The van der Waals surface area contributed by atoms with Gasteiger partial charge in [0, 0.05) is 12.1 Å². The average Bonchev–Trinajstić information content (AvgIpc) is 3.31. The topological polar surface area (TPSA) is 83.8 Å². The van der Waals surface area contributed by atoms with Crippen LogP contribution in [0.3, 0.4) is 0 Å². The van der Waals surface area contributed by atoms with Gasteiger partial charge in [-0.25, -0.2) is 4.98 Å². The Bertz CT molecular complexity index is 1350. The van der Waals surface area contributed by atoms with Gasteiger partial charge in [-0.1, -0.05) is 24.3 Å². The number of aromatic nitrogens is 2. The number of ether oxygens (including phenoxy) is 4. The molecule has 0 fully saturated rings. The number of hydrogen-bond acceptors (Lipinski definition) is 6. The highest BCUT2D eigenvalue weighted by Crippen LogP contribution is 2.29. The van der Waals surface area contributed by atoms with Crippen molar-refractivity contribution in [2.45, 2.75) is 32.4 Å². The van der Waals surface area contributed by atoms with E-state index in [1.807, 2.05) is 49.4 Å². The first-order valence-corrected chi connectivity index (χ1v) is 12.3. The van der Waals surface area contributed by atoms with Gasteiger partial charge in [-0.15, -0.1) is 0 Å². The molecule has 1 unspecified atom stereocenters. The summed E-state index contributed by atoms with van der Waals surface area (Å²) in [5, 5.41) is 3.08. The number of fused-ring (bicyclic) bond motifs is 1. The van der Waals surface area contributed by atoms with E-state index in [2.05, 4.69) is 16.0 Å². The zero-order valence-corrected chi connectivity index (χ0v) is 21.7. The molecule has 4 rings (SSSR count). The highest BCUT2D eigenvalue weighted by atomic mass is 16.5. The van der Waals surface area contributed by atoms with Crippen LogP contribution in [0.1, 0.15) is 42.0 Å². The Hall–Kier alpha value is -4.20. The predicted molar refractivity (Wildman–Crippen MR) is 143 cm³/mol. The fourth-order valence-corrected chi connectivity index (χ4v) is 4.27. The predicted octanol–water partition coefficient (Wildman–Crippen LogP) is 5.41. The van der Waals surface area contributed by atoms with Crippen molar-refractivity contribution in [2.24, 2.45) is 0 Å². The lowest BCUT2D eigenvalue weighted by Crippen LogP contribution is -2.28. The number of nitrogens with one attached hydrogen (secondary N) is 1. The van der Waals surface area contributed by atoms with Crippen LogP contribution in [-0.2, 0) is 6.54 Å². The van der Waals surface area contributed by atoms with Crippen molar-refractivity contribution >= 4 is 16.9 Å². The lowest BCUT2D eigenvalue weighted by molar-refractivity contribution is 0.0937. The molecule has 1 aromatic heterocycles. The number of aryl methyl sites for hydroxylation is 1. The van der Waals surface area contributed by atoms with Crippen molar-refractivity contribution in [3.8, 4) is 23.0 Å². The van der Waals surface area contributed by atoms with Crippen molar-refractivity contribution in [3.05, 3.63) is 78.1 Å². The Morgan fingerprint density at radius 1 is 0.865 bits per heavy atom. The van der Waals surface area contributed by atoms with Gasteiger partial charge in [0.2, 0.25) is 0 Å². The van der Waals surface area contributed by atoms with Crippen LogP contribution < -0.4 is 24.3 Å². The molecule has 8 heteroatoms. The van der Waals surface area contributed by atoms with Crippen LogP contribution in [0.5, 0.6) is 23.0 Å². The number of unbranched alkanes of at least 4 members (excludes halogenated alkanes) is 1. The summed E-state index contributed by atoms with van der Waals surface area (Å²) in [6.07, 6.45) is 1.75. The molecule has 0 saturated heterocycles. The van der Waals surface area contributed by atoms with Gasteiger partial charge < -0.3 is 28.8 Å². The third-order valence-corrected chi connectivity index (χ3v) is 6.17. The first-order valence-electron chi connectivity index (χ1n) is 12.3. The first-order chi connectivity index (χ1) is 18.0. The maximum atomic E-state index is 13.0. The van der Waals surface area contributed by atoms with E-state index >= 15 is 0 Å². The molecular formula is C29H33N3O5. The summed E-state index contributed by atoms with van der Waals surface area (Å²) >= 11 is 0. The Balaban J connectivity index is 1.44. The van der Waals surface area contributed by atoms with E-state index in [0.717, 1.165) is 47.7 Å². The van der Waals surface area contributed by atoms with E-state index in [4.69, 9.17) is 23.9 Å². The molecule has 1 N–H and O–H groups in total. The summed E-state index contributed by atoms with van der Waals surface area (Å²) in [7, 11) is 4.75. The Kier molecular flexibility index (Phi) is 8.51. The number of rotatable bonds is 12. The van der Waals surface area contributed by atoms with E-state index in [1.54, 1.807) is 39.5 Å². The fraction of sp³-hybridized carbons (Fsp3) is 0.310. The van der Waals surface area contributed by atoms with Gasteiger partial charge in [-0.05, 0) is 62.2 Å². The summed E-state index contributed by atoms with van der Waals surface area (Å²) < 4.78 is 24.1. The second-order valence-electron chi connectivity index (χ2n) is 8.58. The minimum absolute atomic E-state index is 0.211. The SMILES string of the molecule is COc1ccc(C(=O)NC(C)c2nc3ccccc3n2CCCCOc2ccccc2OC)cc1OC. The summed E-state index contributed by atoms with van der Waals surface area (Å²) in [6, 6.07) is 20.5. The van der Waals surface area contributed by atoms with Crippen LogP contribution >= 0.6 is 0 Å². The van der Waals surface area contributed by atoms with Crippen molar-refractivity contribution in [1.82, 2.24) is 14.9 Å². The van der Waals surface area contributed by atoms with Crippen molar-refractivity contribution in [3.63, 3.8) is 0 Å². The number of para-hydroxylation sites is 4. The van der Waals surface area contributed by atoms with E-state index in [9.17, 15) is 4.79 Å². The largest absolute Gasteiger partial charge is 0.493 e. The van der Waals surface area contributed by atoms with Gasteiger partial charge in [-0.3, -0.25) is 4.79 Å². The summed E-state index contributed by atoms with van der Waals surface area (Å²) in [5.74, 6) is 3.14. The van der Waals surface area contributed by atoms with E-state index in [1.165, 1.54) is 0 Å². The number of imidazole rings is 1. The molecule has 0 radical (unpaired) electrons. The van der Waals surface area contributed by atoms with Crippen molar-refractivity contribution in [2.75, 3.05) is 27.9 Å². The van der Waals surface area contributed by atoms with Gasteiger partial charge in [0.25, 0.3) is 5.91 Å². The maximum Gasteiger partial charge on any atom is 0.251 e. The van der Waals surface area contributed by atoms with Gasteiger partial charge in [0.15, 0.2) is 23.0 Å². The average molecular weight is 504 g/mol. The number of carbonyl (C=O) groups is 1. The zero-order valence-electron chi connectivity index (χ0n) is 21.7. The lowest BCUT2D eigenvalue weighted by Gasteiger charge is -2.17.